The number of anilines is 1. The van der Waals surface area contributed by atoms with Gasteiger partial charge in [-0.15, -0.1) is 0 Å². The van der Waals surface area contributed by atoms with Crippen LogP contribution in [0.4, 0.5) is 5.69 Å². The number of ether oxygens (including phenoxy) is 1. The Bertz CT molecular complexity index is 1300. The van der Waals surface area contributed by atoms with Gasteiger partial charge in [-0.3, -0.25) is 9.59 Å². The van der Waals surface area contributed by atoms with Gasteiger partial charge < -0.3 is 14.5 Å². The fraction of sp³-hybridized carbons (Fsp3) is 0.154. The average Bonchev–Trinajstić information content (AvgIpc) is 2.72. The Balaban J connectivity index is 1.67. The lowest BCUT2D eigenvalue weighted by atomic mass is 10.1. The second kappa shape index (κ2) is 8.48. The van der Waals surface area contributed by atoms with Crippen LogP contribution in [-0.4, -0.2) is 12.5 Å². The van der Waals surface area contributed by atoms with Gasteiger partial charge in [-0.05, 0) is 61.7 Å². The molecule has 0 aliphatic heterocycles. The van der Waals surface area contributed by atoms with E-state index in [9.17, 15) is 9.59 Å². The summed E-state index contributed by atoms with van der Waals surface area (Å²) in [6, 6.07) is 20.4. The van der Waals surface area contributed by atoms with Crippen molar-refractivity contribution < 1.29 is 13.9 Å². The van der Waals surface area contributed by atoms with E-state index >= 15 is 0 Å². The molecule has 5 heteroatoms. The van der Waals surface area contributed by atoms with Crippen molar-refractivity contribution in [2.24, 2.45) is 0 Å². The van der Waals surface area contributed by atoms with Crippen LogP contribution in [0.25, 0.3) is 22.3 Å². The number of amides is 1. The normalized spacial score (nSPS) is 10.8. The molecule has 0 atom stereocenters. The number of carbonyl (C=O) groups is 1. The van der Waals surface area contributed by atoms with Crippen LogP contribution in [0, 0.1) is 20.8 Å². The number of aryl methyl sites for hydroxylation is 3. The van der Waals surface area contributed by atoms with Gasteiger partial charge in [-0.2, -0.15) is 0 Å². The Morgan fingerprint density at radius 3 is 2.32 bits per heavy atom. The van der Waals surface area contributed by atoms with E-state index in [1.165, 1.54) is 0 Å². The van der Waals surface area contributed by atoms with Gasteiger partial charge in [0.2, 0.25) is 11.2 Å². The highest BCUT2D eigenvalue weighted by Gasteiger charge is 2.19. The van der Waals surface area contributed by atoms with E-state index in [0.717, 1.165) is 16.7 Å². The smallest absolute Gasteiger partial charge is 0.262 e. The van der Waals surface area contributed by atoms with E-state index in [2.05, 4.69) is 5.32 Å². The largest absolute Gasteiger partial charge is 0.476 e. The number of hydrogen-bond donors (Lipinski definition) is 1. The summed E-state index contributed by atoms with van der Waals surface area (Å²) in [6.45, 7) is 5.55. The number of nitrogens with one attached hydrogen (secondary N) is 1. The number of carbonyl (C=O) groups excluding carboxylic acids is 1. The minimum Gasteiger partial charge on any atom is -0.476 e. The first-order valence-electron chi connectivity index (χ1n) is 10.0. The lowest BCUT2D eigenvalue weighted by molar-refractivity contribution is -0.118. The van der Waals surface area contributed by atoms with E-state index in [4.69, 9.17) is 9.15 Å². The van der Waals surface area contributed by atoms with Crippen LogP contribution in [0.5, 0.6) is 5.75 Å². The van der Waals surface area contributed by atoms with Crippen LogP contribution < -0.4 is 15.5 Å². The molecule has 0 saturated carbocycles. The predicted octanol–water partition coefficient (Wildman–Crippen LogP) is 5.40. The summed E-state index contributed by atoms with van der Waals surface area (Å²) in [4.78, 5) is 25.7. The standard InChI is InChI=1S/C26H23NO4/c1-16-9-10-21-22(14-16)31-25(19-7-5-4-6-8-19)26(24(21)29)30-15-23(28)27-20-12-17(2)11-18(3)13-20/h4-14H,15H2,1-3H3,(H,27,28). The molecule has 0 saturated heterocycles. The SMILES string of the molecule is Cc1cc(C)cc(NC(=O)COc2c(-c3ccccc3)oc3cc(C)ccc3c2=O)c1. The van der Waals surface area contributed by atoms with E-state index in [1.807, 2.05) is 81.4 Å². The maximum atomic E-state index is 13.2. The minimum atomic E-state index is -0.354. The molecular weight excluding hydrogens is 390 g/mol. The lowest BCUT2D eigenvalue weighted by Crippen LogP contribution is -2.22. The van der Waals surface area contributed by atoms with Gasteiger partial charge in [-0.25, -0.2) is 0 Å². The maximum absolute atomic E-state index is 13.2. The van der Waals surface area contributed by atoms with Gasteiger partial charge >= 0.3 is 0 Å². The van der Waals surface area contributed by atoms with Crippen molar-refractivity contribution in [1.29, 1.82) is 0 Å². The average molecular weight is 413 g/mol. The molecule has 0 bridgehead atoms. The molecule has 4 rings (SSSR count). The third-order valence-corrected chi connectivity index (χ3v) is 4.90. The van der Waals surface area contributed by atoms with Gasteiger partial charge in [0.05, 0.1) is 5.39 Å². The summed E-state index contributed by atoms with van der Waals surface area (Å²) < 4.78 is 11.8. The molecule has 5 nitrogen and oxygen atoms in total. The van der Waals surface area contributed by atoms with E-state index in [-0.39, 0.29) is 23.7 Å². The molecular formula is C26H23NO4. The lowest BCUT2D eigenvalue weighted by Gasteiger charge is -2.12. The highest BCUT2D eigenvalue weighted by Crippen LogP contribution is 2.31. The first kappa shape index (κ1) is 20.4. The zero-order valence-corrected chi connectivity index (χ0v) is 17.7. The summed E-state index contributed by atoms with van der Waals surface area (Å²) in [5.74, 6) is -0.0200. The minimum absolute atomic E-state index is 0.0260. The van der Waals surface area contributed by atoms with Crippen LogP contribution in [0.15, 0.2) is 75.9 Å². The molecule has 1 N–H and O–H groups in total. The molecule has 0 spiro atoms. The molecule has 1 aromatic heterocycles. The zero-order chi connectivity index (χ0) is 22.0. The van der Waals surface area contributed by atoms with Crippen LogP contribution in [0.3, 0.4) is 0 Å². The fourth-order valence-electron chi connectivity index (χ4n) is 3.58. The van der Waals surface area contributed by atoms with Crippen molar-refractivity contribution in [2.45, 2.75) is 20.8 Å². The molecule has 0 unspecified atom stereocenters. The molecule has 156 valence electrons. The van der Waals surface area contributed by atoms with Crippen LogP contribution in [0.1, 0.15) is 16.7 Å². The maximum Gasteiger partial charge on any atom is 0.262 e. The summed E-state index contributed by atoms with van der Waals surface area (Å²) in [5, 5.41) is 3.23. The molecule has 4 aromatic rings. The summed E-state index contributed by atoms with van der Waals surface area (Å²) in [5.41, 5.74) is 4.65. The monoisotopic (exact) mass is 413 g/mol. The quantitative estimate of drug-likeness (QED) is 0.475. The second-order valence-corrected chi connectivity index (χ2v) is 7.67. The van der Waals surface area contributed by atoms with Crippen LogP contribution in [-0.2, 0) is 4.79 Å². The van der Waals surface area contributed by atoms with Gasteiger partial charge in [0.1, 0.15) is 5.58 Å². The number of rotatable bonds is 5. The number of hydrogen-bond acceptors (Lipinski definition) is 4. The van der Waals surface area contributed by atoms with Crippen LogP contribution in [0.2, 0.25) is 0 Å². The van der Waals surface area contributed by atoms with Crippen molar-refractivity contribution in [3.63, 3.8) is 0 Å². The predicted molar refractivity (Wildman–Crippen MR) is 123 cm³/mol. The van der Waals surface area contributed by atoms with Gasteiger partial charge in [0.15, 0.2) is 12.4 Å². The van der Waals surface area contributed by atoms with E-state index < -0.39 is 0 Å². The Morgan fingerprint density at radius 1 is 0.903 bits per heavy atom. The topological polar surface area (TPSA) is 68.5 Å². The molecule has 0 aliphatic rings. The molecule has 0 fully saturated rings. The Labute approximate surface area is 180 Å². The second-order valence-electron chi connectivity index (χ2n) is 7.67. The van der Waals surface area contributed by atoms with Gasteiger partial charge in [0.25, 0.3) is 5.91 Å². The Kier molecular flexibility index (Phi) is 5.58. The molecule has 0 aliphatic carbocycles. The first-order valence-corrected chi connectivity index (χ1v) is 10.0. The van der Waals surface area contributed by atoms with Crippen molar-refractivity contribution >= 4 is 22.6 Å². The third-order valence-electron chi connectivity index (χ3n) is 4.90. The molecule has 1 amide bonds. The zero-order valence-electron chi connectivity index (χ0n) is 17.7. The van der Waals surface area contributed by atoms with Crippen LogP contribution >= 0.6 is 0 Å². The fourth-order valence-corrected chi connectivity index (χ4v) is 3.58. The number of fused-ring (bicyclic) bond motifs is 1. The third kappa shape index (κ3) is 4.51. The van der Waals surface area contributed by atoms with E-state index in [1.54, 1.807) is 6.07 Å². The van der Waals surface area contributed by atoms with Gasteiger partial charge in [-0.1, -0.05) is 42.5 Å². The summed E-state index contributed by atoms with van der Waals surface area (Å²) in [6.07, 6.45) is 0. The van der Waals surface area contributed by atoms with Crippen molar-refractivity contribution in [3.05, 3.63) is 93.6 Å². The van der Waals surface area contributed by atoms with Crippen molar-refractivity contribution in [3.8, 4) is 17.1 Å². The highest BCUT2D eigenvalue weighted by atomic mass is 16.5. The van der Waals surface area contributed by atoms with Gasteiger partial charge in [0, 0.05) is 11.3 Å². The summed E-state index contributed by atoms with van der Waals surface area (Å²) in [7, 11) is 0. The highest BCUT2D eigenvalue weighted by molar-refractivity contribution is 5.92. The first-order chi connectivity index (χ1) is 14.9. The van der Waals surface area contributed by atoms with E-state index in [0.29, 0.717) is 28.0 Å². The molecule has 1 heterocycles. The summed E-state index contributed by atoms with van der Waals surface area (Å²) >= 11 is 0. The Morgan fingerprint density at radius 2 is 1.61 bits per heavy atom. The number of benzene rings is 3. The van der Waals surface area contributed by atoms with Crippen molar-refractivity contribution in [2.75, 3.05) is 11.9 Å². The van der Waals surface area contributed by atoms with Crippen molar-refractivity contribution in [1.82, 2.24) is 0 Å². The molecule has 31 heavy (non-hydrogen) atoms. The molecule has 3 aromatic carbocycles. The Hall–Kier alpha value is -3.86. The molecule has 0 radical (unpaired) electrons.